The van der Waals surface area contributed by atoms with Crippen molar-refractivity contribution in [1.82, 2.24) is 10.4 Å². The summed E-state index contributed by atoms with van der Waals surface area (Å²) in [6.45, 7) is 0. The average molecular weight is 391 g/mol. The lowest BCUT2D eigenvalue weighted by molar-refractivity contribution is 0.618. The zero-order chi connectivity index (χ0) is 13.1. The fourth-order valence-electron chi connectivity index (χ4n) is 1.63. The molecule has 94 valence electrons. The molecule has 2 rings (SSSR count). The van der Waals surface area contributed by atoms with Crippen LogP contribution >= 0.6 is 43.5 Å². The summed E-state index contributed by atoms with van der Waals surface area (Å²) in [4.78, 5) is 4.38. The van der Waals surface area contributed by atoms with Crippen molar-refractivity contribution < 1.29 is 0 Å². The second kappa shape index (κ2) is 6.12. The SMILES string of the molecule is NNC(c1ccc(Cl)cc1)c1ncc(Br)cc1Br. The molecule has 0 radical (unpaired) electrons. The highest BCUT2D eigenvalue weighted by molar-refractivity contribution is 9.11. The number of halogens is 3. The van der Waals surface area contributed by atoms with Crippen LogP contribution in [0.4, 0.5) is 0 Å². The summed E-state index contributed by atoms with van der Waals surface area (Å²) in [6, 6.07) is 9.24. The molecule has 0 bridgehead atoms. The summed E-state index contributed by atoms with van der Waals surface area (Å²) in [5.41, 5.74) is 4.58. The largest absolute Gasteiger partial charge is 0.271 e. The van der Waals surface area contributed by atoms with E-state index in [1.54, 1.807) is 6.20 Å². The van der Waals surface area contributed by atoms with Crippen LogP contribution in [0.15, 0.2) is 45.5 Å². The van der Waals surface area contributed by atoms with Gasteiger partial charge >= 0.3 is 0 Å². The minimum absolute atomic E-state index is 0.190. The molecule has 18 heavy (non-hydrogen) atoms. The number of aromatic nitrogens is 1. The molecular weight excluding hydrogens is 381 g/mol. The summed E-state index contributed by atoms with van der Waals surface area (Å²) in [6.07, 6.45) is 1.74. The van der Waals surface area contributed by atoms with E-state index in [0.717, 1.165) is 20.2 Å². The lowest BCUT2D eigenvalue weighted by Crippen LogP contribution is -2.29. The van der Waals surface area contributed by atoms with Crippen molar-refractivity contribution in [3.05, 3.63) is 61.8 Å². The summed E-state index contributed by atoms with van der Waals surface area (Å²) >= 11 is 12.7. The molecule has 1 atom stereocenters. The molecule has 0 spiro atoms. The summed E-state index contributed by atoms with van der Waals surface area (Å²) < 4.78 is 1.79. The van der Waals surface area contributed by atoms with Crippen LogP contribution in [0.2, 0.25) is 5.02 Å². The van der Waals surface area contributed by atoms with Crippen LogP contribution in [0, 0.1) is 0 Å². The van der Waals surface area contributed by atoms with E-state index in [0.29, 0.717) is 5.02 Å². The van der Waals surface area contributed by atoms with Gasteiger partial charge in [-0.2, -0.15) is 0 Å². The van der Waals surface area contributed by atoms with Gasteiger partial charge in [-0.15, -0.1) is 0 Å². The van der Waals surface area contributed by atoms with Gasteiger partial charge in [-0.3, -0.25) is 10.8 Å². The minimum atomic E-state index is -0.190. The first-order valence-corrected chi connectivity index (χ1v) is 7.10. The number of hydrogen-bond acceptors (Lipinski definition) is 3. The summed E-state index contributed by atoms with van der Waals surface area (Å²) in [5.74, 6) is 5.63. The average Bonchev–Trinajstić information content (AvgIpc) is 2.35. The molecular formula is C12H10Br2ClN3. The third-order valence-corrected chi connectivity index (χ3v) is 3.80. The Kier molecular flexibility index (Phi) is 4.75. The van der Waals surface area contributed by atoms with E-state index in [2.05, 4.69) is 42.3 Å². The summed E-state index contributed by atoms with van der Waals surface area (Å²) in [5, 5.41) is 0.692. The van der Waals surface area contributed by atoms with Crippen molar-refractivity contribution >= 4 is 43.5 Å². The fraction of sp³-hybridized carbons (Fsp3) is 0.0833. The van der Waals surface area contributed by atoms with E-state index in [1.165, 1.54) is 0 Å². The number of nitrogens with two attached hydrogens (primary N) is 1. The van der Waals surface area contributed by atoms with E-state index < -0.39 is 0 Å². The van der Waals surface area contributed by atoms with Crippen molar-refractivity contribution in [2.24, 2.45) is 5.84 Å². The fourth-order valence-corrected chi connectivity index (χ4v) is 2.97. The van der Waals surface area contributed by atoms with Gasteiger partial charge in [0.15, 0.2) is 0 Å². The number of hydrazine groups is 1. The van der Waals surface area contributed by atoms with Crippen molar-refractivity contribution in [2.45, 2.75) is 6.04 Å². The van der Waals surface area contributed by atoms with Gasteiger partial charge in [0.2, 0.25) is 0 Å². The maximum absolute atomic E-state index is 5.87. The Labute approximate surface area is 127 Å². The predicted octanol–water partition coefficient (Wildman–Crippen LogP) is 3.81. The van der Waals surface area contributed by atoms with Gasteiger partial charge in [-0.25, -0.2) is 5.43 Å². The molecule has 1 aromatic heterocycles. The number of hydrogen-bond donors (Lipinski definition) is 2. The summed E-state index contributed by atoms with van der Waals surface area (Å²) in [7, 11) is 0. The first kappa shape index (κ1) is 14.0. The molecule has 6 heteroatoms. The first-order chi connectivity index (χ1) is 8.61. The molecule has 0 saturated heterocycles. The van der Waals surface area contributed by atoms with Gasteiger partial charge in [0.25, 0.3) is 0 Å². The van der Waals surface area contributed by atoms with E-state index in [9.17, 15) is 0 Å². The highest BCUT2D eigenvalue weighted by Gasteiger charge is 2.17. The monoisotopic (exact) mass is 389 g/mol. The van der Waals surface area contributed by atoms with E-state index in [-0.39, 0.29) is 6.04 Å². The smallest absolute Gasteiger partial charge is 0.0892 e. The topological polar surface area (TPSA) is 50.9 Å². The maximum atomic E-state index is 5.87. The molecule has 0 aliphatic rings. The quantitative estimate of drug-likeness (QED) is 0.618. The van der Waals surface area contributed by atoms with Crippen molar-refractivity contribution in [3.8, 4) is 0 Å². The van der Waals surface area contributed by atoms with Crippen LogP contribution < -0.4 is 11.3 Å². The molecule has 0 saturated carbocycles. The Bertz CT molecular complexity index is 546. The number of nitrogens with zero attached hydrogens (tertiary/aromatic N) is 1. The highest BCUT2D eigenvalue weighted by Crippen LogP contribution is 2.28. The lowest BCUT2D eigenvalue weighted by Gasteiger charge is -2.17. The molecule has 0 aliphatic carbocycles. The second-order valence-electron chi connectivity index (χ2n) is 3.67. The van der Waals surface area contributed by atoms with Crippen LogP contribution in [-0.2, 0) is 0 Å². The van der Waals surface area contributed by atoms with E-state index >= 15 is 0 Å². The molecule has 3 nitrogen and oxygen atoms in total. The maximum Gasteiger partial charge on any atom is 0.0892 e. The number of nitrogens with one attached hydrogen (secondary N) is 1. The minimum Gasteiger partial charge on any atom is -0.271 e. The van der Waals surface area contributed by atoms with Gasteiger partial charge < -0.3 is 0 Å². The van der Waals surface area contributed by atoms with Crippen LogP contribution in [0.5, 0.6) is 0 Å². The lowest BCUT2D eigenvalue weighted by atomic mass is 10.0. The third-order valence-electron chi connectivity index (χ3n) is 2.48. The Balaban J connectivity index is 2.41. The zero-order valence-electron chi connectivity index (χ0n) is 9.20. The Morgan fingerprint density at radius 3 is 2.44 bits per heavy atom. The van der Waals surface area contributed by atoms with Crippen LogP contribution in [0.3, 0.4) is 0 Å². The molecule has 0 fully saturated rings. The predicted molar refractivity (Wildman–Crippen MR) is 80.3 cm³/mol. The first-order valence-electron chi connectivity index (χ1n) is 5.14. The number of benzene rings is 1. The van der Waals surface area contributed by atoms with Crippen molar-refractivity contribution in [1.29, 1.82) is 0 Å². The molecule has 3 N–H and O–H groups in total. The van der Waals surface area contributed by atoms with Crippen molar-refractivity contribution in [3.63, 3.8) is 0 Å². The van der Waals surface area contributed by atoms with Gasteiger partial charge in [-0.1, -0.05) is 23.7 Å². The van der Waals surface area contributed by atoms with E-state index in [4.69, 9.17) is 17.4 Å². The molecule has 1 aromatic carbocycles. The molecule has 2 aromatic rings. The van der Waals surface area contributed by atoms with Crippen LogP contribution in [0.1, 0.15) is 17.3 Å². The second-order valence-corrected chi connectivity index (χ2v) is 5.88. The Morgan fingerprint density at radius 2 is 1.89 bits per heavy atom. The Hall–Kier alpha value is -0.460. The van der Waals surface area contributed by atoms with Gasteiger partial charge in [0.05, 0.1) is 11.7 Å². The molecule has 1 unspecified atom stereocenters. The molecule has 0 aliphatic heterocycles. The standard InChI is InChI=1S/C12H10Br2ClN3/c13-8-5-10(14)12(17-6-8)11(18-16)7-1-3-9(15)4-2-7/h1-6,11,18H,16H2. The molecule has 0 amide bonds. The normalized spacial score (nSPS) is 12.4. The highest BCUT2D eigenvalue weighted by atomic mass is 79.9. The van der Waals surface area contributed by atoms with Crippen LogP contribution in [0.25, 0.3) is 0 Å². The van der Waals surface area contributed by atoms with Crippen LogP contribution in [-0.4, -0.2) is 4.98 Å². The Morgan fingerprint density at radius 1 is 1.22 bits per heavy atom. The van der Waals surface area contributed by atoms with Gasteiger partial charge in [-0.05, 0) is 55.6 Å². The van der Waals surface area contributed by atoms with Gasteiger partial charge in [0.1, 0.15) is 0 Å². The van der Waals surface area contributed by atoms with E-state index in [1.807, 2.05) is 30.3 Å². The zero-order valence-corrected chi connectivity index (χ0v) is 13.1. The number of rotatable bonds is 3. The molecule has 1 heterocycles. The number of pyridine rings is 1. The third kappa shape index (κ3) is 3.10. The van der Waals surface area contributed by atoms with Gasteiger partial charge in [0, 0.05) is 20.2 Å². The van der Waals surface area contributed by atoms with Crippen molar-refractivity contribution in [2.75, 3.05) is 0 Å².